The van der Waals surface area contributed by atoms with Crippen molar-refractivity contribution in [1.29, 1.82) is 0 Å². The van der Waals surface area contributed by atoms with Crippen molar-refractivity contribution in [2.24, 2.45) is 5.92 Å². The largest absolute Gasteiger partial charge is 0.493 e. The van der Waals surface area contributed by atoms with E-state index < -0.39 is 6.61 Å². The number of methoxy groups -OCH3 is 2. The highest BCUT2D eigenvalue weighted by Crippen LogP contribution is 2.39. The van der Waals surface area contributed by atoms with Crippen LogP contribution in [0, 0.1) is 5.92 Å². The Hall–Kier alpha value is -2.09. The van der Waals surface area contributed by atoms with Gasteiger partial charge in [0.15, 0.2) is 11.5 Å². The Balaban J connectivity index is 2.12. The zero-order valence-corrected chi connectivity index (χ0v) is 13.7. The minimum absolute atomic E-state index is 0.0131. The lowest BCUT2D eigenvalue weighted by molar-refractivity contribution is -0.0526. The van der Waals surface area contributed by atoms with Gasteiger partial charge in [-0.15, -0.1) is 0 Å². The molecule has 6 nitrogen and oxygen atoms in total. The second kappa shape index (κ2) is 8.68. The topological polar surface area (TPSA) is 68.8 Å². The van der Waals surface area contributed by atoms with Crippen LogP contribution in [0.5, 0.6) is 17.2 Å². The molecule has 2 rings (SSSR count). The van der Waals surface area contributed by atoms with Gasteiger partial charge in [0.05, 0.1) is 14.2 Å². The molecule has 1 heterocycles. The molecule has 0 bridgehead atoms. The first-order chi connectivity index (χ1) is 11.5. The summed E-state index contributed by atoms with van der Waals surface area (Å²) in [6.45, 7) is -0.601. The van der Waals surface area contributed by atoms with Crippen LogP contribution in [-0.4, -0.2) is 46.4 Å². The van der Waals surface area contributed by atoms with Crippen LogP contribution in [-0.2, 0) is 0 Å². The monoisotopic (exact) mass is 344 g/mol. The van der Waals surface area contributed by atoms with Crippen molar-refractivity contribution in [1.82, 2.24) is 10.6 Å². The number of hydrogen-bond donors (Lipinski definition) is 2. The molecule has 1 fully saturated rings. The van der Waals surface area contributed by atoms with Gasteiger partial charge in [0, 0.05) is 12.1 Å². The van der Waals surface area contributed by atoms with Gasteiger partial charge in [0.2, 0.25) is 5.75 Å². The average molecular weight is 344 g/mol. The summed E-state index contributed by atoms with van der Waals surface area (Å²) in [5.74, 6) is -0.144. The Morgan fingerprint density at radius 3 is 2.50 bits per heavy atom. The van der Waals surface area contributed by atoms with Crippen molar-refractivity contribution < 1.29 is 27.8 Å². The molecule has 0 aromatic heterocycles. The van der Waals surface area contributed by atoms with Crippen molar-refractivity contribution in [3.8, 4) is 17.2 Å². The molecular weight excluding hydrogens is 322 g/mol. The van der Waals surface area contributed by atoms with Gasteiger partial charge in [0.1, 0.15) is 0 Å². The van der Waals surface area contributed by atoms with Gasteiger partial charge < -0.3 is 24.8 Å². The maximum atomic E-state index is 12.5. The smallest absolute Gasteiger partial charge is 0.387 e. The lowest BCUT2D eigenvalue weighted by Crippen LogP contribution is -2.38. The molecule has 1 aliphatic heterocycles. The number of amides is 1. The summed E-state index contributed by atoms with van der Waals surface area (Å²) in [6.07, 6.45) is 2.14. The summed E-state index contributed by atoms with van der Waals surface area (Å²) in [4.78, 5) is 12.3. The third kappa shape index (κ3) is 4.70. The molecule has 8 heteroatoms. The highest BCUT2D eigenvalue weighted by Gasteiger charge is 2.21. The highest BCUT2D eigenvalue weighted by atomic mass is 19.3. The number of hydrogen-bond acceptors (Lipinski definition) is 5. The number of ether oxygens (including phenoxy) is 3. The van der Waals surface area contributed by atoms with Gasteiger partial charge in [0.25, 0.3) is 5.91 Å². The van der Waals surface area contributed by atoms with E-state index in [9.17, 15) is 13.6 Å². The van der Waals surface area contributed by atoms with Crippen LogP contribution in [0.1, 0.15) is 23.2 Å². The van der Waals surface area contributed by atoms with Gasteiger partial charge in [-0.25, -0.2) is 0 Å². The first-order valence-electron chi connectivity index (χ1n) is 7.75. The third-order valence-electron chi connectivity index (χ3n) is 3.88. The van der Waals surface area contributed by atoms with Crippen LogP contribution >= 0.6 is 0 Å². The van der Waals surface area contributed by atoms with E-state index >= 15 is 0 Å². The fourth-order valence-corrected chi connectivity index (χ4v) is 2.65. The molecule has 2 N–H and O–H groups in total. The van der Waals surface area contributed by atoms with Crippen molar-refractivity contribution in [3.05, 3.63) is 17.7 Å². The summed E-state index contributed by atoms with van der Waals surface area (Å²) in [5.41, 5.74) is 0.258. The minimum atomic E-state index is -3.02. The molecule has 1 aromatic carbocycles. The van der Waals surface area contributed by atoms with Crippen LogP contribution in [0.15, 0.2) is 12.1 Å². The van der Waals surface area contributed by atoms with Gasteiger partial charge in [-0.2, -0.15) is 8.78 Å². The Kier molecular flexibility index (Phi) is 6.60. The molecule has 1 amide bonds. The zero-order chi connectivity index (χ0) is 17.5. The maximum absolute atomic E-state index is 12.5. The van der Waals surface area contributed by atoms with Crippen LogP contribution in [0.3, 0.4) is 0 Å². The number of carbonyl (C=O) groups excluding carboxylic acids is 1. The minimum Gasteiger partial charge on any atom is -0.493 e. The number of nitrogens with one attached hydrogen (secondary N) is 2. The third-order valence-corrected chi connectivity index (χ3v) is 3.88. The van der Waals surface area contributed by atoms with Crippen molar-refractivity contribution >= 4 is 5.91 Å². The van der Waals surface area contributed by atoms with Crippen molar-refractivity contribution in [2.75, 3.05) is 33.9 Å². The fourth-order valence-electron chi connectivity index (χ4n) is 2.65. The zero-order valence-electron chi connectivity index (χ0n) is 13.7. The summed E-state index contributed by atoms with van der Waals surface area (Å²) in [6, 6.07) is 2.71. The lowest BCUT2D eigenvalue weighted by atomic mass is 9.99. The van der Waals surface area contributed by atoms with Gasteiger partial charge in [-0.3, -0.25) is 4.79 Å². The predicted molar refractivity (Wildman–Crippen MR) is 84.1 cm³/mol. The molecule has 0 saturated carbocycles. The normalized spacial score (nSPS) is 17.5. The maximum Gasteiger partial charge on any atom is 0.387 e. The number of halogens is 2. The van der Waals surface area contributed by atoms with E-state index in [4.69, 9.17) is 9.47 Å². The molecule has 0 radical (unpaired) electrons. The molecule has 134 valence electrons. The second-order valence-corrected chi connectivity index (χ2v) is 5.51. The van der Waals surface area contributed by atoms with E-state index in [1.54, 1.807) is 0 Å². The second-order valence-electron chi connectivity index (χ2n) is 5.51. The van der Waals surface area contributed by atoms with E-state index in [0.717, 1.165) is 25.9 Å². The molecule has 24 heavy (non-hydrogen) atoms. The Morgan fingerprint density at radius 1 is 1.33 bits per heavy atom. The summed E-state index contributed by atoms with van der Waals surface area (Å²) in [5, 5.41) is 6.13. The Morgan fingerprint density at radius 2 is 2.00 bits per heavy atom. The van der Waals surface area contributed by atoms with Crippen molar-refractivity contribution in [3.63, 3.8) is 0 Å². The summed E-state index contributed by atoms with van der Waals surface area (Å²) >= 11 is 0. The molecule has 1 aliphatic rings. The summed E-state index contributed by atoms with van der Waals surface area (Å²) in [7, 11) is 2.62. The Bertz CT molecular complexity index is 538. The molecule has 1 atom stereocenters. The van der Waals surface area contributed by atoms with E-state index in [2.05, 4.69) is 15.4 Å². The van der Waals surface area contributed by atoms with Crippen LogP contribution in [0.2, 0.25) is 0 Å². The highest BCUT2D eigenvalue weighted by molar-refractivity contribution is 5.95. The molecule has 1 saturated heterocycles. The molecule has 1 aromatic rings. The number of rotatable bonds is 7. The van der Waals surface area contributed by atoms with Crippen LogP contribution in [0.25, 0.3) is 0 Å². The van der Waals surface area contributed by atoms with Gasteiger partial charge in [-0.05, 0) is 44.0 Å². The van der Waals surface area contributed by atoms with E-state index in [1.807, 2.05) is 0 Å². The molecular formula is C16H22F2N2O4. The van der Waals surface area contributed by atoms with E-state index in [1.165, 1.54) is 26.4 Å². The molecule has 0 aliphatic carbocycles. The molecule has 1 unspecified atom stereocenters. The predicted octanol–water partition coefficient (Wildman–Crippen LogP) is 2.03. The van der Waals surface area contributed by atoms with Gasteiger partial charge in [-0.1, -0.05) is 0 Å². The lowest BCUT2D eigenvalue weighted by Gasteiger charge is -2.23. The number of piperidine rings is 1. The SMILES string of the molecule is COc1cc(C(=O)NCC2CCCNC2)cc(OC)c1OC(F)F. The van der Waals surface area contributed by atoms with E-state index in [-0.39, 0.29) is 28.7 Å². The standard InChI is InChI=1S/C16H22F2N2O4/c1-22-12-6-11(7-13(23-2)14(12)24-16(17)18)15(21)20-9-10-4-3-5-19-8-10/h6-7,10,16,19H,3-5,8-9H2,1-2H3,(H,20,21). The number of carbonyl (C=O) groups is 1. The number of benzene rings is 1. The average Bonchev–Trinajstić information content (AvgIpc) is 2.60. The summed E-state index contributed by atoms with van der Waals surface area (Å²) < 4.78 is 39.6. The van der Waals surface area contributed by atoms with Crippen LogP contribution in [0.4, 0.5) is 8.78 Å². The van der Waals surface area contributed by atoms with E-state index in [0.29, 0.717) is 12.5 Å². The van der Waals surface area contributed by atoms with Gasteiger partial charge >= 0.3 is 6.61 Å². The molecule has 0 spiro atoms. The number of alkyl halides is 2. The first kappa shape index (κ1) is 18.3. The van der Waals surface area contributed by atoms with Crippen LogP contribution < -0.4 is 24.8 Å². The Labute approximate surface area is 139 Å². The first-order valence-corrected chi connectivity index (χ1v) is 7.75. The fraction of sp³-hybridized carbons (Fsp3) is 0.562. The quantitative estimate of drug-likeness (QED) is 0.792. The van der Waals surface area contributed by atoms with Crippen molar-refractivity contribution in [2.45, 2.75) is 19.5 Å².